The van der Waals surface area contributed by atoms with Crippen LogP contribution in [-0.2, 0) is 9.63 Å². The number of nitrogens with one attached hydrogen (secondary N) is 1. The number of benzene rings is 1. The van der Waals surface area contributed by atoms with Gasteiger partial charge >= 0.3 is 0 Å². The van der Waals surface area contributed by atoms with E-state index in [0.717, 1.165) is 24.2 Å². The summed E-state index contributed by atoms with van der Waals surface area (Å²) in [4.78, 5) is 17.0. The summed E-state index contributed by atoms with van der Waals surface area (Å²) < 4.78 is 0. The summed E-state index contributed by atoms with van der Waals surface area (Å²) in [5, 5.41) is 4.59. The highest BCUT2D eigenvalue weighted by Crippen LogP contribution is 2.32. The van der Waals surface area contributed by atoms with Gasteiger partial charge in [-0.25, -0.2) is 5.06 Å². The Bertz CT molecular complexity index is 394. The van der Waals surface area contributed by atoms with Crippen molar-refractivity contribution in [1.82, 2.24) is 5.06 Å². The summed E-state index contributed by atoms with van der Waals surface area (Å²) in [6, 6.07) is 7.92. The molecule has 20 heavy (non-hydrogen) atoms. The molecule has 1 aliphatic heterocycles. The van der Waals surface area contributed by atoms with Crippen molar-refractivity contribution in [1.29, 1.82) is 0 Å². The maximum absolute atomic E-state index is 12.1. The summed E-state index contributed by atoms with van der Waals surface area (Å²) in [7, 11) is 3.15. The molecule has 0 fully saturated rings. The molecule has 0 spiro atoms. The first-order valence-electron chi connectivity index (χ1n) is 7.38. The topological polar surface area (TPSA) is 41.6 Å². The average molecular weight is 280 g/mol. The van der Waals surface area contributed by atoms with E-state index in [1.54, 1.807) is 7.05 Å². The highest BCUT2D eigenvalue weighted by Gasteiger charge is 2.28. The number of anilines is 1. The lowest BCUT2D eigenvalue weighted by Gasteiger charge is -2.28. The van der Waals surface area contributed by atoms with Crippen LogP contribution in [0.5, 0.6) is 0 Å². The van der Waals surface area contributed by atoms with E-state index >= 15 is 0 Å². The lowest BCUT2D eigenvalue weighted by molar-refractivity contribution is -0.170. The number of carbonyl (C=O) groups is 1. The van der Waals surface area contributed by atoms with Crippen LogP contribution in [0.2, 0.25) is 0 Å². The van der Waals surface area contributed by atoms with Gasteiger partial charge in [0.25, 0.3) is 5.91 Å². The van der Waals surface area contributed by atoms with Gasteiger partial charge < -0.3 is 5.32 Å². The number of carbonyl (C=O) groups excluding carboxylic acids is 1. The summed E-state index contributed by atoms with van der Waals surface area (Å²) in [5.74, 6) is -0.0844. The Balaban J connectivity index is 0.000000829. The zero-order chi connectivity index (χ0) is 15.5. The molecule has 2 rings (SSSR count). The number of amides is 1. The summed E-state index contributed by atoms with van der Waals surface area (Å²) in [6.07, 6.45) is 0.809. The Kier molecular flexibility index (Phi) is 9.47. The fraction of sp³-hybridized carbons (Fsp3) is 0.562. The van der Waals surface area contributed by atoms with E-state index < -0.39 is 0 Å². The van der Waals surface area contributed by atoms with Crippen LogP contribution in [-0.4, -0.2) is 31.7 Å². The predicted molar refractivity (Wildman–Crippen MR) is 84.8 cm³/mol. The van der Waals surface area contributed by atoms with E-state index in [1.165, 1.54) is 12.2 Å². The molecule has 0 saturated carbocycles. The summed E-state index contributed by atoms with van der Waals surface area (Å²) in [5.41, 5.74) is 2.11. The third-order valence-electron chi connectivity index (χ3n) is 2.97. The van der Waals surface area contributed by atoms with Crippen LogP contribution in [0, 0.1) is 0 Å². The van der Waals surface area contributed by atoms with Gasteiger partial charge in [0.2, 0.25) is 0 Å². The van der Waals surface area contributed by atoms with Crippen LogP contribution in [0.25, 0.3) is 0 Å². The van der Waals surface area contributed by atoms with Crippen LogP contribution < -0.4 is 5.32 Å². The number of para-hydroxylation sites is 1. The normalized spacial score (nSPS) is 15.4. The molecular formula is C16H28N2O2. The maximum Gasteiger partial charge on any atom is 0.253 e. The van der Waals surface area contributed by atoms with E-state index in [1.807, 2.05) is 52.0 Å². The maximum atomic E-state index is 12.1. The highest BCUT2D eigenvalue weighted by atomic mass is 16.7. The zero-order valence-corrected chi connectivity index (χ0v) is 13.6. The van der Waals surface area contributed by atoms with Gasteiger partial charge in [-0.15, -0.1) is 0 Å². The monoisotopic (exact) mass is 280 g/mol. The van der Waals surface area contributed by atoms with Crippen molar-refractivity contribution in [3.63, 3.8) is 0 Å². The van der Waals surface area contributed by atoms with E-state index in [2.05, 4.69) is 5.32 Å². The summed E-state index contributed by atoms with van der Waals surface area (Å²) in [6.45, 7) is 8.82. The van der Waals surface area contributed by atoms with Crippen molar-refractivity contribution in [2.75, 3.05) is 26.0 Å². The number of hydroxylamine groups is 2. The Morgan fingerprint density at radius 1 is 1.25 bits per heavy atom. The number of fused-ring (bicyclic) bond motifs is 1. The fourth-order valence-corrected chi connectivity index (χ4v) is 2.03. The van der Waals surface area contributed by atoms with Gasteiger partial charge in [0.05, 0.1) is 13.0 Å². The van der Waals surface area contributed by atoms with Crippen LogP contribution in [0.4, 0.5) is 5.69 Å². The van der Waals surface area contributed by atoms with E-state index in [4.69, 9.17) is 4.84 Å². The lowest BCUT2D eigenvalue weighted by Crippen LogP contribution is -2.34. The molecule has 1 amide bonds. The number of nitrogens with zero attached hydrogens (tertiary/aromatic N) is 1. The standard InChI is InChI=1S/C12H16N2O2.2C2H6/c1-14(16-2)12(15)10-7-8-13-11-6-4-3-5-9(10)11;2*1-2/h3-6,10,13H,7-8H2,1-2H3;2*1-2H3. The lowest BCUT2D eigenvalue weighted by atomic mass is 9.90. The Morgan fingerprint density at radius 3 is 2.45 bits per heavy atom. The molecule has 4 nitrogen and oxygen atoms in total. The molecule has 0 saturated heterocycles. The minimum absolute atomic E-state index is 0.0106. The molecule has 0 bridgehead atoms. The second kappa shape index (κ2) is 10.3. The van der Waals surface area contributed by atoms with E-state index in [-0.39, 0.29) is 11.8 Å². The Labute approximate surface area is 123 Å². The second-order valence-electron chi connectivity index (χ2n) is 3.87. The van der Waals surface area contributed by atoms with Crippen molar-refractivity contribution >= 4 is 11.6 Å². The molecule has 114 valence electrons. The molecule has 1 unspecified atom stereocenters. The first kappa shape index (κ1) is 18.4. The van der Waals surface area contributed by atoms with Crippen molar-refractivity contribution in [3.8, 4) is 0 Å². The van der Waals surface area contributed by atoms with Crippen molar-refractivity contribution in [2.24, 2.45) is 0 Å². The Morgan fingerprint density at radius 2 is 1.85 bits per heavy atom. The van der Waals surface area contributed by atoms with Gasteiger partial charge in [0.15, 0.2) is 0 Å². The SMILES string of the molecule is CC.CC.CON(C)C(=O)C1CCNc2ccccc21. The molecular weight excluding hydrogens is 252 g/mol. The predicted octanol–water partition coefficient (Wildman–Crippen LogP) is 3.66. The number of likely N-dealkylation sites (N-methyl/N-ethyl adjacent to an activating group) is 1. The van der Waals surface area contributed by atoms with Crippen LogP contribution >= 0.6 is 0 Å². The third-order valence-corrected chi connectivity index (χ3v) is 2.97. The molecule has 1 aromatic carbocycles. The molecule has 0 radical (unpaired) electrons. The van der Waals surface area contributed by atoms with Crippen molar-refractivity contribution < 1.29 is 9.63 Å². The molecule has 1 heterocycles. The second-order valence-corrected chi connectivity index (χ2v) is 3.87. The molecule has 1 N–H and O–H groups in total. The van der Waals surface area contributed by atoms with Gasteiger partial charge in [-0.2, -0.15) is 0 Å². The minimum atomic E-state index is -0.0950. The molecule has 1 atom stereocenters. The zero-order valence-electron chi connectivity index (χ0n) is 13.6. The molecule has 1 aliphatic rings. The van der Waals surface area contributed by atoms with Gasteiger partial charge in [-0.3, -0.25) is 9.63 Å². The first-order chi connectivity index (χ1) is 9.74. The quantitative estimate of drug-likeness (QED) is 0.841. The van der Waals surface area contributed by atoms with E-state index in [9.17, 15) is 4.79 Å². The highest BCUT2D eigenvalue weighted by molar-refractivity contribution is 5.85. The summed E-state index contributed by atoms with van der Waals surface area (Å²) >= 11 is 0. The number of hydrogen-bond acceptors (Lipinski definition) is 3. The molecule has 1 aromatic rings. The largest absolute Gasteiger partial charge is 0.385 e. The molecule has 0 aliphatic carbocycles. The molecule has 4 heteroatoms. The van der Waals surface area contributed by atoms with Gasteiger partial charge in [0, 0.05) is 19.3 Å². The Hall–Kier alpha value is -1.55. The minimum Gasteiger partial charge on any atom is -0.385 e. The fourth-order valence-electron chi connectivity index (χ4n) is 2.03. The van der Waals surface area contributed by atoms with Crippen LogP contribution in [0.1, 0.15) is 45.6 Å². The van der Waals surface area contributed by atoms with Crippen LogP contribution in [0.15, 0.2) is 24.3 Å². The smallest absolute Gasteiger partial charge is 0.253 e. The first-order valence-corrected chi connectivity index (χ1v) is 7.38. The third kappa shape index (κ3) is 4.53. The van der Waals surface area contributed by atoms with Gasteiger partial charge in [-0.05, 0) is 18.1 Å². The average Bonchev–Trinajstić information content (AvgIpc) is 2.56. The van der Waals surface area contributed by atoms with Gasteiger partial charge in [-0.1, -0.05) is 45.9 Å². The van der Waals surface area contributed by atoms with Crippen molar-refractivity contribution in [3.05, 3.63) is 29.8 Å². The number of rotatable bonds is 2. The van der Waals surface area contributed by atoms with Crippen molar-refractivity contribution in [2.45, 2.75) is 40.0 Å². The van der Waals surface area contributed by atoms with Crippen LogP contribution in [0.3, 0.4) is 0 Å². The van der Waals surface area contributed by atoms with E-state index in [0.29, 0.717) is 0 Å². The molecule has 0 aromatic heterocycles. The number of hydrogen-bond donors (Lipinski definition) is 1. The van der Waals surface area contributed by atoms with Gasteiger partial charge in [0.1, 0.15) is 0 Å².